The van der Waals surface area contributed by atoms with Crippen LogP contribution in [0.25, 0.3) is 0 Å². The average Bonchev–Trinajstić information content (AvgIpc) is 2.65. The topological polar surface area (TPSA) is 45.8 Å². The summed E-state index contributed by atoms with van der Waals surface area (Å²) >= 11 is 0. The number of nitrogens with one attached hydrogen (secondary N) is 1. The number of hydrogen-bond donors (Lipinski definition) is 1. The molecular formula is C19H32N2O. The van der Waals surface area contributed by atoms with E-state index in [1.165, 1.54) is 44.9 Å². The maximum absolute atomic E-state index is 11.4. The van der Waals surface area contributed by atoms with E-state index in [1.807, 2.05) is 6.07 Å². The van der Waals surface area contributed by atoms with Gasteiger partial charge in [0.2, 0.25) is 0 Å². The molecule has 1 aromatic rings. The third-order valence-corrected chi connectivity index (χ3v) is 5.72. The summed E-state index contributed by atoms with van der Waals surface area (Å²) in [7, 11) is 0. The molecule has 0 bridgehead atoms. The van der Waals surface area contributed by atoms with Crippen molar-refractivity contribution in [2.75, 3.05) is 0 Å². The quantitative estimate of drug-likeness (QED) is 0.803. The van der Waals surface area contributed by atoms with E-state index in [2.05, 4.69) is 37.9 Å². The second kappa shape index (κ2) is 7.43. The molecule has 1 N–H and O–H groups in total. The minimum atomic E-state index is -0.101. The van der Waals surface area contributed by atoms with E-state index in [0.29, 0.717) is 5.92 Å². The Hall–Kier alpha value is -1.12. The predicted molar refractivity (Wildman–Crippen MR) is 92.0 cm³/mol. The summed E-state index contributed by atoms with van der Waals surface area (Å²) in [5.74, 6) is 2.28. The molecule has 2 rings (SSSR count). The number of aromatic amines is 1. The molecule has 3 unspecified atom stereocenters. The summed E-state index contributed by atoms with van der Waals surface area (Å²) in [6.07, 6.45) is 8.66. The molecule has 3 heteroatoms. The average molecular weight is 304 g/mol. The highest BCUT2D eigenvalue weighted by Crippen LogP contribution is 2.46. The standard InChI is InChI=1S/C19H32N2O/c1-5-6-11-19(17-9-10-18(22)21-20-17)12-7-8-16(14(2)3)15(4)13-19/h9-10,14-16H,5-8,11-13H2,1-4H3,(H,21,22). The lowest BCUT2D eigenvalue weighted by molar-refractivity contribution is 0.219. The van der Waals surface area contributed by atoms with Crippen molar-refractivity contribution in [2.24, 2.45) is 17.8 Å². The molecule has 1 fully saturated rings. The first-order chi connectivity index (χ1) is 10.5. The van der Waals surface area contributed by atoms with Crippen LogP contribution in [-0.4, -0.2) is 10.2 Å². The van der Waals surface area contributed by atoms with E-state index in [1.54, 1.807) is 6.07 Å². The van der Waals surface area contributed by atoms with E-state index < -0.39 is 0 Å². The number of hydrogen-bond acceptors (Lipinski definition) is 2. The number of aromatic nitrogens is 2. The van der Waals surface area contributed by atoms with Gasteiger partial charge in [-0.1, -0.05) is 47.0 Å². The fourth-order valence-corrected chi connectivity index (χ4v) is 4.56. The van der Waals surface area contributed by atoms with Gasteiger partial charge < -0.3 is 0 Å². The van der Waals surface area contributed by atoms with E-state index in [4.69, 9.17) is 0 Å². The fourth-order valence-electron chi connectivity index (χ4n) is 4.56. The Morgan fingerprint density at radius 2 is 2.18 bits per heavy atom. The van der Waals surface area contributed by atoms with Crippen molar-refractivity contribution in [1.29, 1.82) is 0 Å². The molecule has 0 aliphatic heterocycles. The van der Waals surface area contributed by atoms with Gasteiger partial charge >= 0.3 is 0 Å². The third-order valence-electron chi connectivity index (χ3n) is 5.72. The smallest absolute Gasteiger partial charge is 0.264 e. The fraction of sp³-hybridized carbons (Fsp3) is 0.789. The maximum atomic E-state index is 11.4. The minimum absolute atomic E-state index is 0.101. The van der Waals surface area contributed by atoms with Crippen LogP contribution in [-0.2, 0) is 5.41 Å². The van der Waals surface area contributed by atoms with Crippen molar-refractivity contribution in [3.05, 3.63) is 28.2 Å². The molecule has 0 aromatic carbocycles. The highest BCUT2D eigenvalue weighted by atomic mass is 16.1. The van der Waals surface area contributed by atoms with Crippen LogP contribution in [0.1, 0.15) is 78.3 Å². The lowest BCUT2D eigenvalue weighted by Crippen LogP contribution is -2.31. The van der Waals surface area contributed by atoms with Crippen molar-refractivity contribution in [3.8, 4) is 0 Å². The summed E-state index contributed by atoms with van der Waals surface area (Å²) in [5, 5.41) is 7.10. The largest absolute Gasteiger partial charge is 0.268 e. The third kappa shape index (κ3) is 3.80. The summed E-state index contributed by atoms with van der Waals surface area (Å²) in [6.45, 7) is 9.39. The van der Waals surface area contributed by atoms with E-state index in [9.17, 15) is 4.79 Å². The molecule has 1 aliphatic carbocycles. The van der Waals surface area contributed by atoms with Crippen molar-refractivity contribution in [1.82, 2.24) is 10.2 Å². The molecule has 0 amide bonds. The summed E-state index contributed by atoms with van der Waals surface area (Å²) < 4.78 is 0. The van der Waals surface area contributed by atoms with Gasteiger partial charge in [0, 0.05) is 11.5 Å². The van der Waals surface area contributed by atoms with Gasteiger partial charge in [-0.2, -0.15) is 5.10 Å². The second-order valence-corrected chi connectivity index (χ2v) is 7.67. The van der Waals surface area contributed by atoms with E-state index in [-0.39, 0.29) is 11.0 Å². The first-order valence-corrected chi connectivity index (χ1v) is 9.05. The monoisotopic (exact) mass is 304 g/mol. The van der Waals surface area contributed by atoms with Gasteiger partial charge in [0.1, 0.15) is 0 Å². The van der Waals surface area contributed by atoms with Crippen molar-refractivity contribution in [3.63, 3.8) is 0 Å². The van der Waals surface area contributed by atoms with Gasteiger partial charge in [0.15, 0.2) is 0 Å². The highest BCUT2D eigenvalue weighted by molar-refractivity contribution is 5.16. The molecule has 1 saturated carbocycles. The molecule has 1 aromatic heterocycles. The van der Waals surface area contributed by atoms with Gasteiger partial charge in [0.25, 0.3) is 5.56 Å². The Labute approximate surface area is 134 Å². The molecule has 3 nitrogen and oxygen atoms in total. The second-order valence-electron chi connectivity index (χ2n) is 7.67. The molecule has 1 heterocycles. The zero-order chi connectivity index (χ0) is 16.2. The Kier molecular flexibility index (Phi) is 5.82. The number of nitrogens with zero attached hydrogens (tertiary/aromatic N) is 1. The Balaban J connectivity index is 2.32. The number of H-pyrrole nitrogens is 1. The molecule has 124 valence electrons. The van der Waals surface area contributed by atoms with Crippen molar-refractivity contribution >= 4 is 0 Å². The molecule has 0 radical (unpaired) electrons. The first kappa shape index (κ1) is 17.2. The summed E-state index contributed by atoms with van der Waals surface area (Å²) in [6, 6.07) is 3.61. The molecular weight excluding hydrogens is 272 g/mol. The zero-order valence-electron chi connectivity index (χ0n) is 14.7. The lowest BCUT2D eigenvalue weighted by atomic mass is 9.70. The van der Waals surface area contributed by atoms with Crippen LogP contribution in [0.2, 0.25) is 0 Å². The normalized spacial score (nSPS) is 29.5. The number of unbranched alkanes of at least 4 members (excludes halogenated alkanes) is 1. The van der Waals surface area contributed by atoms with Crippen LogP contribution < -0.4 is 5.56 Å². The van der Waals surface area contributed by atoms with Crippen LogP contribution in [0.4, 0.5) is 0 Å². The van der Waals surface area contributed by atoms with Gasteiger partial charge in [-0.05, 0) is 49.5 Å². The van der Waals surface area contributed by atoms with Crippen LogP contribution in [0.5, 0.6) is 0 Å². The molecule has 0 saturated heterocycles. The summed E-state index contributed by atoms with van der Waals surface area (Å²) in [4.78, 5) is 11.4. The molecule has 0 spiro atoms. The van der Waals surface area contributed by atoms with Gasteiger partial charge in [-0.25, -0.2) is 5.10 Å². The lowest BCUT2D eigenvalue weighted by Gasteiger charge is -2.35. The Morgan fingerprint density at radius 3 is 2.77 bits per heavy atom. The molecule has 3 atom stereocenters. The Morgan fingerprint density at radius 1 is 1.41 bits per heavy atom. The highest BCUT2D eigenvalue weighted by Gasteiger charge is 2.39. The van der Waals surface area contributed by atoms with Gasteiger partial charge in [0.05, 0.1) is 5.69 Å². The van der Waals surface area contributed by atoms with Crippen LogP contribution in [0.15, 0.2) is 16.9 Å². The predicted octanol–water partition coefficient (Wildman–Crippen LogP) is 4.68. The zero-order valence-corrected chi connectivity index (χ0v) is 14.7. The van der Waals surface area contributed by atoms with Crippen LogP contribution >= 0.6 is 0 Å². The first-order valence-electron chi connectivity index (χ1n) is 9.05. The molecule has 1 aliphatic rings. The molecule has 22 heavy (non-hydrogen) atoms. The van der Waals surface area contributed by atoms with E-state index in [0.717, 1.165) is 17.5 Å². The summed E-state index contributed by atoms with van der Waals surface area (Å²) in [5.41, 5.74) is 1.16. The van der Waals surface area contributed by atoms with E-state index >= 15 is 0 Å². The maximum Gasteiger partial charge on any atom is 0.264 e. The number of rotatable bonds is 5. The Bertz CT molecular complexity index is 502. The van der Waals surface area contributed by atoms with Gasteiger partial charge in [-0.15, -0.1) is 0 Å². The minimum Gasteiger partial charge on any atom is -0.268 e. The SMILES string of the molecule is CCCCC1(c2ccc(=O)[nH]n2)CCCC(C(C)C)C(C)C1. The van der Waals surface area contributed by atoms with Crippen molar-refractivity contribution in [2.45, 2.75) is 78.1 Å². The van der Waals surface area contributed by atoms with Gasteiger partial charge in [-0.3, -0.25) is 4.79 Å². The van der Waals surface area contributed by atoms with Crippen LogP contribution in [0.3, 0.4) is 0 Å². The van der Waals surface area contributed by atoms with Crippen molar-refractivity contribution < 1.29 is 0 Å². The van der Waals surface area contributed by atoms with Crippen LogP contribution in [0, 0.1) is 17.8 Å².